The van der Waals surface area contributed by atoms with E-state index in [9.17, 15) is 4.79 Å². The molecule has 0 saturated carbocycles. The smallest absolute Gasteiger partial charge is 0.336 e. The molecule has 0 aliphatic carbocycles. The summed E-state index contributed by atoms with van der Waals surface area (Å²) in [7, 11) is -0.673. The largest absolute Gasteiger partial charge is 0.466 e. The molecule has 3 heteroatoms. The molecule has 0 radical (unpaired) electrons. The van der Waals surface area contributed by atoms with E-state index in [4.69, 9.17) is 4.74 Å². The van der Waals surface area contributed by atoms with Gasteiger partial charge in [-0.15, -0.1) is 0 Å². The lowest BCUT2D eigenvalue weighted by atomic mass is 10.3. The lowest BCUT2D eigenvalue weighted by molar-refractivity contribution is -0.135. The molecule has 3 rings (SSSR count). The third kappa shape index (κ3) is 3.47. The summed E-state index contributed by atoms with van der Waals surface area (Å²) in [5.41, 5.74) is 0.498. The third-order valence-corrected chi connectivity index (χ3v) is 8.89. The highest BCUT2D eigenvalue weighted by molar-refractivity contribution is 7.95. The van der Waals surface area contributed by atoms with Crippen molar-refractivity contribution in [1.29, 1.82) is 0 Å². The van der Waals surface area contributed by atoms with Crippen molar-refractivity contribution in [2.24, 2.45) is 0 Å². The topological polar surface area (TPSA) is 26.3 Å². The van der Waals surface area contributed by atoms with Crippen LogP contribution < -0.4 is 15.9 Å². The average Bonchev–Trinajstić information content (AvgIpc) is 2.73. The first kappa shape index (κ1) is 18.1. The van der Waals surface area contributed by atoms with Crippen LogP contribution in [-0.2, 0) is 9.53 Å². The second kappa shape index (κ2) is 8.12. The van der Waals surface area contributed by atoms with Crippen LogP contribution >= 0.6 is 7.26 Å². The van der Waals surface area contributed by atoms with Crippen LogP contribution in [0.3, 0.4) is 0 Å². The predicted molar refractivity (Wildman–Crippen MR) is 111 cm³/mol. The highest BCUT2D eigenvalue weighted by atomic mass is 31.2. The zero-order valence-electron chi connectivity index (χ0n) is 14.8. The summed E-state index contributed by atoms with van der Waals surface area (Å²) >= 11 is 0. The first-order valence-corrected chi connectivity index (χ1v) is 10.5. The molecule has 0 amide bonds. The third-order valence-electron chi connectivity index (χ3n) is 4.49. The van der Waals surface area contributed by atoms with Crippen LogP contribution in [0.2, 0.25) is 0 Å². The standard InChI is InChI=1S/C23H22O2P/c1-19(23(24)25-2)18-26(20-12-6-3-7-13-20,21-14-8-4-9-15-21)22-16-10-5-11-17-22/h3-17H,1,18H2,2H3/q+1. The fraction of sp³-hybridized carbons (Fsp3) is 0.0870. The minimum absolute atomic E-state index is 0.350. The van der Waals surface area contributed by atoms with E-state index in [1.54, 1.807) is 0 Å². The first-order chi connectivity index (χ1) is 12.7. The van der Waals surface area contributed by atoms with E-state index >= 15 is 0 Å². The minimum atomic E-state index is -2.08. The zero-order valence-corrected chi connectivity index (χ0v) is 15.7. The van der Waals surface area contributed by atoms with E-state index in [1.165, 1.54) is 23.0 Å². The molecule has 0 saturated heterocycles. The van der Waals surface area contributed by atoms with Crippen molar-refractivity contribution < 1.29 is 9.53 Å². The summed E-state index contributed by atoms with van der Waals surface area (Å²) in [5.74, 6) is -0.350. The number of carbonyl (C=O) groups is 1. The number of methoxy groups -OCH3 is 1. The monoisotopic (exact) mass is 361 g/mol. The molecule has 0 fully saturated rings. The molecule has 0 N–H and O–H groups in total. The highest BCUT2D eigenvalue weighted by Crippen LogP contribution is 2.56. The van der Waals surface area contributed by atoms with Gasteiger partial charge in [-0.1, -0.05) is 61.2 Å². The van der Waals surface area contributed by atoms with Crippen molar-refractivity contribution in [3.8, 4) is 0 Å². The first-order valence-electron chi connectivity index (χ1n) is 8.49. The minimum Gasteiger partial charge on any atom is -0.466 e. The van der Waals surface area contributed by atoms with Gasteiger partial charge in [-0.2, -0.15) is 0 Å². The molecule has 0 heterocycles. The molecule has 3 aromatic rings. The number of esters is 1. The summed E-state index contributed by atoms with van der Waals surface area (Å²) < 4.78 is 4.94. The highest BCUT2D eigenvalue weighted by Gasteiger charge is 2.46. The normalized spacial score (nSPS) is 11.0. The molecule has 0 bridgehead atoms. The van der Waals surface area contributed by atoms with Gasteiger partial charge in [0.2, 0.25) is 0 Å². The number of ether oxygens (including phenoxy) is 1. The van der Waals surface area contributed by atoms with E-state index < -0.39 is 7.26 Å². The molecular formula is C23H22O2P+. The molecular weight excluding hydrogens is 339 g/mol. The molecule has 0 aromatic heterocycles. The van der Waals surface area contributed by atoms with E-state index in [-0.39, 0.29) is 5.97 Å². The Morgan fingerprint density at radius 2 is 1.12 bits per heavy atom. The van der Waals surface area contributed by atoms with Crippen LogP contribution in [0.15, 0.2) is 103 Å². The van der Waals surface area contributed by atoms with Gasteiger partial charge in [-0.25, -0.2) is 4.79 Å². The number of benzene rings is 3. The second-order valence-corrected chi connectivity index (χ2v) is 9.55. The van der Waals surface area contributed by atoms with E-state index in [2.05, 4.69) is 79.4 Å². The lowest BCUT2D eigenvalue weighted by Crippen LogP contribution is -2.34. The van der Waals surface area contributed by atoms with Crippen molar-refractivity contribution >= 4 is 29.1 Å². The van der Waals surface area contributed by atoms with Gasteiger partial charge in [0.05, 0.1) is 12.7 Å². The molecule has 26 heavy (non-hydrogen) atoms. The fourth-order valence-corrected chi connectivity index (χ4v) is 7.45. The Balaban J connectivity index is 2.28. The van der Waals surface area contributed by atoms with Gasteiger partial charge in [0, 0.05) is 0 Å². The molecule has 0 spiro atoms. The fourth-order valence-electron chi connectivity index (χ4n) is 3.26. The van der Waals surface area contributed by atoms with Crippen molar-refractivity contribution in [3.05, 3.63) is 103 Å². The lowest BCUT2D eigenvalue weighted by Gasteiger charge is -2.27. The Morgan fingerprint density at radius 1 is 0.769 bits per heavy atom. The Kier molecular flexibility index (Phi) is 5.65. The molecule has 0 aliphatic heterocycles. The number of hydrogen-bond acceptors (Lipinski definition) is 2. The SMILES string of the molecule is C=C(C[P+](c1ccccc1)(c1ccccc1)c1ccccc1)C(=O)OC. The Labute approximate surface area is 155 Å². The molecule has 2 nitrogen and oxygen atoms in total. The van der Waals surface area contributed by atoms with Crippen LogP contribution in [0.25, 0.3) is 0 Å². The predicted octanol–water partition coefficient (Wildman–Crippen LogP) is 3.71. The maximum Gasteiger partial charge on any atom is 0.336 e. The van der Waals surface area contributed by atoms with Crippen molar-refractivity contribution in [2.75, 3.05) is 13.3 Å². The van der Waals surface area contributed by atoms with Gasteiger partial charge in [0.1, 0.15) is 29.3 Å². The number of hydrogen-bond donors (Lipinski definition) is 0. The van der Waals surface area contributed by atoms with Crippen LogP contribution in [0.1, 0.15) is 0 Å². The number of rotatable bonds is 6. The Morgan fingerprint density at radius 3 is 1.42 bits per heavy atom. The van der Waals surface area contributed by atoms with Crippen LogP contribution in [0.5, 0.6) is 0 Å². The van der Waals surface area contributed by atoms with Crippen LogP contribution in [0, 0.1) is 0 Å². The van der Waals surface area contributed by atoms with Gasteiger partial charge in [-0.3, -0.25) is 0 Å². The van der Waals surface area contributed by atoms with E-state index in [0.717, 1.165) is 0 Å². The van der Waals surface area contributed by atoms with Gasteiger partial charge >= 0.3 is 5.97 Å². The summed E-state index contributed by atoms with van der Waals surface area (Å²) in [6, 6.07) is 31.3. The van der Waals surface area contributed by atoms with Crippen molar-refractivity contribution in [3.63, 3.8) is 0 Å². The van der Waals surface area contributed by atoms with Crippen molar-refractivity contribution in [2.45, 2.75) is 0 Å². The Hall–Kier alpha value is -2.70. The average molecular weight is 361 g/mol. The van der Waals surface area contributed by atoms with Crippen molar-refractivity contribution in [1.82, 2.24) is 0 Å². The molecule has 3 aromatic carbocycles. The van der Waals surface area contributed by atoms with Gasteiger partial charge < -0.3 is 4.74 Å². The van der Waals surface area contributed by atoms with Gasteiger partial charge in [0.25, 0.3) is 0 Å². The maximum absolute atomic E-state index is 12.2. The van der Waals surface area contributed by atoms with E-state index in [1.807, 2.05) is 18.2 Å². The van der Waals surface area contributed by atoms with Gasteiger partial charge in [0.15, 0.2) is 0 Å². The Bertz CT molecular complexity index is 777. The molecule has 130 valence electrons. The second-order valence-electron chi connectivity index (χ2n) is 6.07. The molecule has 0 aliphatic rings. The summed E-state index contributed by atoms with van der Waals surface area (Å²) in [4.78, 5) is 12.2. The van der Waals surface area contributed by atoms with Crippen LogP contribution in [0.4, 0.5) is 0 Å². The maximum atomic E-state index is 12.2. The molecule has 0 unspecified atom stereocenters. The zero-order chi connectivity index (χ0) is 18.4. The summed E-state index contributed by atoms with van der Waals surface area (Å²) in [5, 5.41) is 3.67. The van der Waals surface area contributed by atoms with Crippen LogP contribution in [-0.4, -0.2) is 19.2 Å². The summed E-state index contributed by atoms with van der Waals surface area (Å²) in [6.45, 7) is 4.04. The van der Waals surface area contributed by atoms with E-state index in [0.29, 0.717) is 11.7 Å². The number of carbonyl (C=O) groups excluding carboxylic acids is 1. The molecule has 0 atom stereocenters. The van der Waals surface area contributed by atoms with Gasteiger partial charge in [-0.05, 0) is 36.4 Å². The summed E-state index contributed by atoms with van der Waals surface area (Å²) in [6.07, 6.45) is 0.553. The quantitative estimate of drug-likeness (QED) is 0.380.